The van der Waals surface area contributed by atoms with Crippen LogP contribution in [0.25, 0.3) is 10.9 Å². The Morgan fingerprint density at radius 1 is 0.939 bits per heavy atom. The van der Waals surface area contributed by atoms with Gasteiger partial charge >= 0.3 is 0 Å². The number of hydrazone groups is 1. The molecular formula is C27H29N3O2S. The van der Waals surface area contributed by atoms with Crippen molar-refractivity contribution < 1.29 is 8.42 Å². The van der Waals surface area contributed by atoms with Crippen LogP contribution in [0, 0.1) is 6.92 Å². The predicted molar refractivity (Wildman–Crippen MR) is 135 cm³/mol. The molecule has 0 amide bonds. The fourth-order valence-electron chi connectivity index (χ4n) is 3.75. The van der Waals surface area contributed by atoms with Crippen molar-refractivity contribution in [2.45, 2.75) is 44.6 Å². The monoisotopic (exact) mass is 459 g/mol. The van der Waals surface area contributed by atoms with Crippen LogP contribution in [0.15, 0.2) is 89.0 Å². The first kappa shape index (κ1) is 22.8. The number of fused-ring (bicyclic) bond motifs is 1. The Hall–Kier alpha value is -3.38. The van der Waals surface area contributed by atoms with Gasteiger partial charge in [0, 0.05) is 29.2 Å². The molecule has 5 nitrogen and oxygen atoms in total. The summed E-state index contributed by atoms with van der Waals surface area (Å²) in [5, 5.41) is 5.08. The van der Waals surface area contributed by atoms with Crippen molar-refractivity contribution in [3.05, 3.63) is 101 Å². The molecule has 0 fully saturated rings. The lowest BCUT2D eigenvalue weighted by atomic mass is 9.87. The minimum absolute atomic E-state index is 0.0410. The van der Waals surface area contributed by atoms with Gasteiger partial charge < -0.3 is 4.57 Å². The van der Waals surface area contributed by atoms with Crippen LogP contribution in [0.1, 0.15) is 43.0 Å². The number of rotatable bonds is 6. The molecule has 1 heterocycles. The first-order valence-electron chi connectivity index (χ1n) is 10.9. The number of sulfonamides is 1. The molecule has 0 aliphatic rings. The smallest absolute Gasteiger partial charge is 0.276 e. The van der Waals surface area contributed by atoms with Gasteiger partial charge in [-0.25, -0.2) is 4.83 Å². The van der Waals surface area contributed by atoms with Crippen LogP contribution in [-0.4, -0.2) is 19.2 Å². The highest BCUT2D eigenvalue weighted by molar-refractivity contribution is 7.89. The Bertz CT molecular complexity index is 1390. The van der Waals surface area contributed by atoms with Crippen LogP contribution < -0.4 is 4.83 Å². The minimum Gasteiger partial charge on any atom is -0.342 e. The van der Waals surface area contributed by atoms with E-state index in [1.807, 2.05) is 36.5 Å². The number of hydrogen-bond acceptors (Lipinski definition) is 3. The number of aromatic nitrogens is 1. The summed E-state index contributed by atoms with van der Waals surface area (Å²) in [5.41, 5.74) is 5.38. The molecule has 0 unspecified atom stereocenters. The van der Waals surface area contributed by atoms with E-state index in [9.17, 15) is 8.42 Å². The fourth-order valence-corrected chi connectivity index (χ4v) is 4.54. The first-order chi connectivity index (χ1) is 15.6. The summed E-state index contributed by atoms with van der Waals surface area (Å²) >= 11 is 0. The molecule has 0 radical (unpaired) electrons. The van der Waals surface area contributed by atoms with Crippen LogP contribution in [0.5, 0.6) is 0 Å². The third-order valence-corrected chi connectivity index (χ3v) is 6.94. The average Bonchev–Trinajstić information content (AvgIpc) is 3.12. The predicted octanol–water partition coefficient (Wildman–Crippen LogP) is 5.61. The van der Waals surface area contributed by atoms with E-state index in [0.29, 0.717) is 0 Å². The molecule has 0 bridgehead atoms. The van der Waals surface area contributed by atoms with Gasteiger partial charge in [0.2, 0.25) is 0 Å². The lowest BCUT2D eigenvalue weighted by molar-refractivity contribution is 0.580. The van der Waals surface area contributed by atoms with Crippen LogP contribution in [0.3, 0.4) is 0 Å². The molecule has 0 saturated carbocycles. The van der Waals surface area contributed by atoms with Crippen LogP contribution in [-0.2, 0) is 22.0 Å². The summed E-state index contributed by atoms with van der Waals surface area (Å²) in [6.07, 6.45) is 3.56. The number of benzene rings is 3. The molecule has 0 aliphatic heterocycles. The number of hydrogen-bond donors (Lipinski definition) is 1. The Labute approximate surface area is 195 Å². The topological polar surface area (TPSA) is 63.5 Å². The van der Waals surface area contributed by atoms with Crippen LogP contribution >= 0.6 is 0 Å². The SMILES string of the molecule is Cc1ccc(Cn2cc(/C=N\NS(=O)(=O)c3ccc(C(C)(C)C)cc3)c3ccccc32)cc1. The molecule has 4 rings (SSSR count). The maximum Gasteiger partial charge on any atom is 0.276 e. The zero-order valence-electron chi connectivity index (χ0n) is 19.4. The molecule has 0 spiro atoms. The third-order valence-electron chi connectivity index (χ3n) is 5.70. The lowest BCUT2D eigenvalue weighted by Gasteiger charge is -2.19. The van der Waals surface area contributed by atoms with Gasteiger partial charge in [0.1, 0.15) is 0 Å². The van der Waals surface area contributed by atoms with Crippen molar-refractivity contribution in [1.82, 2.24) is 9.40 Å². The Morgan fingerprint density at radius 2 is 1.61 bits per heavy atom. The van der Waals surface area contributed by atoms with Gasteiger partial charge in [-0.1, -0.05) is 80.9 Å². The molecule has 1 aromatic heterocycles. The van der Waals surface area contributed by atoms with Gasteiger partial charge in [0.15, 0.2) is 0 Å². The van der Waals surface area contributed by atoms with Gasteiger partial charge in [0.05, 0.1) is 11.1 Å². The van der Waals surface area contributed by atoms with Crippen molar-refractivity contribution in [2.75, 3.05) is 0 Å². The van der Waals surface area contributed by atoms with Crippen molar-refractivity contribution in [2.24, 2.45) is 5.10 Å². The zero-order chi connectivity index (χ0) is 23.6. The summed E-state index contributed by atoms with van der Waals surface area (Å²) in [6.45, 7) is 9.07. The van der Waals surface area contributed by atoms with Gasteiger partial charge in [-0.05, 0) is 41.7 Å². The highest BCUT2D eigenvalue weighted by Gasteiger charge is 2.17. The quantitative estimate of drug-likeness (QED) is 0.301. The maximum absolute atomic E-state index is 12.7. The van der Waals surface area contributed by atoms with E-state index in [1.54, 1.807) is 18.3 Å². The van der Waals surface area contributed by atoms with Crippen LogP contribution in [0.2, 0.25) is 0 Å². The molecule has 0 saturated heterocycles. The van der Waals surface area contributed by atoms with E-state index < -0.39 is 10.0 Å². The second-order valence-electron chi connectivity index (χ2n) is 9.34. The number of aryl methyl sites for hydroxylation is 1. The molecule has 1 N–H and O–H groups in total. The summed E-state index contributed by atoms with van der Waals surface area (Å²) in [7, 11) is -3.75. The molecular weight excluding hydrogens is 430 g/mol. The summed E-state index contributed by atoms with van der Waals surface area (Å²) in [5.74, 6) is 0. The molecule has 4 aromatic rings. The van der Waals surface area contributed by atoms with Crippen molar-refractivity contribution in [3.63, 3.8) is 0 Å². The molecule has 3 aromatic carbocycles. The van der Waals surface area contributed by atoms with E-state index in [2.05, 4.69) is 72.5 Å². The third kappa shape index (κ3) is 5.17. The standard InChI is InChI=1S/C27H29N3O2S/c1-20-9-11-21(12-10-20)18-30-19-22(25-7-5-6-8-26(25)30)17-28-29-33(31,32)24-15-13-23(14-16-24)27(2,3)4/h5-17,19,29H,18H2,1-4H3/b28-17-. The van der Waals surface area contributed by atoms with Gasteiger partial charge in [-0.15, -0.1) is 0 Å². The summed E-state index contributed by atoms with van der Waals surface area (Å²) in [6, 6.07) is 23.4. The Kier molecular flexibility index (Phi) is 6.13. The Balaban J connectivity index is 1.56. The lowest BCUT2D eigenvalue weighted by Crippen LogP contribution is -2.19. The normalized spacial score (nSPS) is 12.5. The van der Waals surface area contributed by atoms with E-state index in [1.165, 1.54) is 11.1 Å². The molecule has 170 valence electrons. The first-order valence-corrected chi connectivity index (χ1v) is 12.4. The average molecular weight is 460 g/mol. The van der Waals surface area contributed by atoms with E-state index in [-0.39, 0.29) is 10.3 Å². The van der Waals surface area contributed by atoms with Crippen molar-refractivity contribution in [3.8, 4) is 0 Å². The molecule has 6 heteroatoms. The van der Waals surface area contributed by atoms with Gasteiger partial charge in [0.25, 0.3) is 10.0 Å². The van der Waals surface area contributed by atoms with E-state index in [4.69, 9.17) is 0 Å². The van der Waals surface area contributed by atoms with Crippen LogP contribution in [0.4, 0.5) is 0 Å². The molecule has 0 aliphatic carbocycles. The van der Waals surface area contributed by atoms with E-state index >= 15 is 0 Å². The summed E-state index contributed by atoms with van der Waals surface area (Å²) in [4.78, 5) is 2.53. The van der Waals surface area contributed by atoms with E-state index in [0.717, 1.165) is 28.6 Å². The largest absolute Gasteiger partial charge is 0.342 e. The number of nitrogens with zero attached hydrogens (tertiary/aromatic N) is 2. The maximum atomic E-state index is 12.7. The number of nitrogens with one attached hydrogen (secondary N) is 1. The van der Waals surface area contributed by atoms with Gasteiger partial charge in [-0.2, -0.15) is 13.5 Å². The molecule has 33 heavy (non-hydrogen) atoms. The Morgan fingerprint density at radius 3 is 2.27 bits per heavy atom. The van der Waals surface area contributed by atoms with Crippen molar-refractivity contribution >= 4 is 27.1 Å². The fraction of sp³-hybridized carbons (Fsp3) is 0.222. The second kappa shape index (κ2) is 8.87. The number of para-hydroxylation sites is 1. The zero-order valence-corrected chi connectivity index (χ0v) is 20.2. The molecule has 0 atom stereocenters. The highest BCUT2D eigenvalue weighted by Crippen LogP contribution is 2.24. The van der Waals surface area contributed by atoms with Gasteiger partial charge in [-0.3, -0.25) is 0 Å². The minimum atomic E-state index is -3.75. The summed E-state index contributed by atoms with van der Waals surface area (Å²) < 4.78 is 27.5. The van der Waals surface area contributed by atoms with Crippen molar-refractivity contribution in [1.29, 1.82) is 0 Å². The highest BCUT2D eigenvalue weighted by atomic mass is 32.2. The second-order valence-corrected chi connectivity index (χ2v) is 11.0.